The van der Waals surface area contributed by atoms with Gasteiger partial charge in [-0.3, -0.25) is 0 Å². The molecule has 84 valence electrons. The molecule has 0 aromatic rings. The van der Waals surface area contributed by atoms with Gasteiger partial charge in [0.1, 0.15) is 10.7 Å². The predicted octanol–water partition coefficient (Wildman–Crippen LogP) is -0.374. The molecule has 0 aliphatic heterocycles. The van der Waals surface area contributed by atoms with E-state index in [1.165, 1.54) is 0 Å². The molecule has 0 atom stereocenters. The monoisotopic (exact) mass is 276 g/mol. The minimum atomic E-state index is -1.55. The fourth-order valence-electron chi connectivity index (χ4n) is 0.407. The highest BCUT2D eigenvalue weighted by Crippen LogP contribution is 2.24. The molecule has 0 saturated carbocycles. The van der Waals surface area contributed by atoms with E-state index in [0.717, 1.165) is 0 Å². The summed E-state index contributed by atoms with van der Waals surface area (Å²) in [5.74, 6) is -0.812. The Labute approximate surface area is 104 Å². The molecular formula is C6H12O4S4. The molecule has 8 heteroatoms. The van der Waals surface area contributed by atoms with Gasteiger partial charge in [-0.1, -0.05) is 0 Å². The van der Waals surface area contributed by atoms with Crippen LogP contribution >= 0.6 is 50.5 Å². The van der Waals surface area contributed by atoms with Gasteiger partial charge in [-0.2, -0.15) is 25.3 Å². The minimum Gasteiger partial charge on any atom is -0.462 e. The SMILES string of the molecule is O=C(OCC(S)(S)CO)C(S)(S)CO. The quantitative estimate of drug-likeness (QED) is 0.235. The second kappa shape index (κ2) is 5.76. The maximum absolute atomic E-state index is 11.2. The van der Waals surface area contributed by atoms with Crippen molar-refractivity contribution in [1.82, 2.24) is 0 Å². The molecule has 0 aliphatic carbocycles. The van der Waals surface area contributed by atoms with Gasteiger partial charge in [0.05, 0.1) is 13.2 Å². The molecule has 0 rings (SSSR count). The van der Waals surface area contributed by atoms with Crippen LogP contribution in [0.1, 0.15) is 0 Å². The second-order valence-corrected chi connectivity index (χ2v) is 6.64. The standard InChI is InChI=1S/C6H12O4S4/c7-1-5(11,12)3-10-4(9)6(13,14)2-8/h7-8,11-14H,1-3H2. The number of rotatable bonds is 5. The molecule has 0 bridgehead atoms. The van der Waals surface area contributed by atoms with Gasteiger partial charge in [0.15, 0.2) is 4.08 Å². The van der Waals surface area contributed by atoms with Crippen LogP contribution in [0.25, 0.3) is 0 Å². The molecule has 0 spiro atoms. The molecule has 14 heavy (non-hydrogen) atoms. The average Bonchev–Trinajstić information content (AvgIpc) is 2.14. The summed E-state index contributed by atoms with van der Waals surface area (Å²) in [5.41, 5.74) is 0. The molecule has 4 nitrogen and oxygen atoms in total. The second-order valence-electron chi connectivity index (χ2n) is 2.69. The van der Waals surface area contributed by atoms with Crippen LogP contribution in [0.2, 0.25) is 0 Å². The van der Waals surface area contributed by atoms with Crippen molar-refractivity contribution in [3.05, 3.63) is 0 Å². The van der Waals surface area contributed by atoms with Crippen molar-refractivity contribution in [2.45, 2.75) is 8.16 Å². The number of esters is 1. The maximum atomic E-state index is 11.2. The number of carbonyl (C=O) groups excluding carboxylic acids is 1. The van der Waals surface area contributed by atoms with Gasteiger partial charge in [0, 0.05) is 0 Å². The Bertz CT molecular complexity index is 206. The zero-order valence-electron chi connectivity index (χ0n) is 7.12. The Balaban J connectivity index is 4.10. The van der Waals surface area contributed by atoms with Crippen LogP contribution < -0.4 is 0 Å². The lowest BCUT2D eigenvalue weighted by Crippen LogP contribution is -2.36. The third kappa shape index (κ3) is 5.04. The number of hydrogen-bond donors (Lipinski definition) is 6. The summed E-state index contributed by atoms with van der Waals surface area (Å²) in [4.78, 5) is 11.2. The van der Waals surface area contributed by atoms with E-state index in [4.69, 9.17) is 10.2 Å². The van der Waals surface area contributed by atoms with Crippen molar-refractivity contribution in [3.63, 3.8) is 0 Å². The first-order valence-corrected chi connectivity index (χ1v) is 5.32. The largest absolute Gasteiger partial charge is 0.462 e. The summed E-state index contributed by atoms with van der Waals surface area (Å²) in [6, 6.07) is 0. The van der Waals surface area contributed by atoms with Crippen LogP contribution in [-0.4, -0.2) is 44.2 Å². The summed E-state index contributed by atoms with van der Waals surface area (Å²) in [7, 11) is 0. The fraction of sp³-hybridized carbons (Fsp3) is 0.833. The van der Waals surface area contributed by atoms with E-state index in [9.17, 15) is 4.79 Å². The first-order valence-electron chi connectivity index (χ1n) is 3.53. The normalized spacial score (nSPS) is 12.7. The highest BCUT2D eigenvalue weighted by molar-refractivity contribution is 8.02. The number of aliphatic hydroxyl groups is 2. The van der Waals surface area contributed by atoms with Gasteiger partial charge in [0.25, 0.3) is 0 Å². The zero-order chi connectivity index (χ0) is 11.4. The summed E-state index contributed by atoms with van der Waals surface area (Å²) in [5, 5.41) is 17.4. The fourth-order valence-corrected chi connectivity index (χ4v) is 0.665. The number of ether oxygens (including phenoxy) is 1. The van der Waals surface area contributed by atoms with Gasteiger partial charge < -0.3 is 14.9 Å². The average molecular weight is 276 g/mol. The summed E-state index contributed by atoms with van der Waals surface area (Å²) in [6.07, 6.45) is 0. The molecule has 0 saturated heterocycles. The van der Waals surface area contributed by atoms with Gasteiger partial charge in [-0.15, -0.1) is 25.3 Å². The molecule has 2 N–H and O–H groups in total. The van der Waals surface area contributed by atoms with Crippen LogP contribution in [0.3, 0.4) is 0 Å². The lowest BCUT2D eigenvalue weighted by atomic mass is 10.4. The molecule has 0 aliphatic rings. The van der Waals surface area contributed by atoms with Gasteiger partial charge in [-0.05, 0) is 0 Å². The molecule has 0 unspecified atom stereocenters. The van der Waals surface area contributed by atoms with Crippen molar-refractivity contribution >= 4 is 56.5 Å². The highest BCUT2D eigenvalue weighted by atomic mass is 32.2. The van der Waals surface area contributed by atoms with E-state index in [0.29, 0.717) is 0 Å². The number of hydrogen-bond acceptors (Lipinski definition) is 8. The molecule has 0 amide bonds. The Morgan fingerprint density at radius 3 is 2.00 bits per heavy atom. The lowest BCUT2D eigenvalue weighted by Gasteiger charge is -2.23. The van der Waals surface area contributed by atoms with Crippen molar-refractivity contribution in [1.29, 1.82) is 0 Å². The third-order valence-electron chi connectivity index (χ3n) is 1.24. The van der Waals surface area contributed by atoms with E-state index < -0.39 is 20.7 Å². The molecule has 0 fully saturated rings. The maximum Gasteiger partial charge on any atom is 0.334 e. The van der Waals surface area contributed by atoms with Crippen LogP contribution in [0.15, 0.2) is 0 Å². The van der Waals surface area contributed by atoms with Gasteiger partial charge in [0.2, 0.25) is 0 Å². The molecule has 0 aromatic heterocycles. The lowest BCUT2D eigenvalue weighted by molar-refractivity contribution is -0.145. The zero-order valence-corrected chi connectivity index (χ0v) is 10.7. The van der Waals surface area contributed by atoms with Crippen molar-refractivity contribution < 1.29 is 19.7 Å². The highest BCUT2D eigenvalue weighted by Gasteiger charge is 2.33. The Hall–Kier alpha value is 0.790. The van der Waals surface area contributed by atoms with Crippen LogP contribution in [0.5, 0.6) is 0 Å². The summed E-state index contributed by atoms with van der Waals surface area (Å²) < 4.78 is 2.03. The topological polar surface area (TPSA) is 66.8 Å². The Morgan fingerprint density at radius 1 is 1.14 bits per heavy atom. The van der Waals surface area contributed by atoms with Crippen LogP contribution in [-0.2, 0) is 9.53 Å². The smallest absolute Gasteiger partial charge is 0.334 e. The van der Waals surface area contributed by atoms with E-state index in [1.54, 1.807) is 0 Å². The number of aliphatic hydroxyl groups excluding tert-OH is 2. The van der Waals surface area contributed by atoms with Crippen LogP contribution in [0, 0.1) is 0 Å². The molecule has 0 heterocycles. The molecule has 0 aromatic carbocycles. The van der Waals surface area contributed by atoms with E-state index >= 15 is 0 Å². The molecule has 0 radical (unpaired) electrons. The minimum absolute atomic E-state index is 0.211. The summed E-state index contributed by atoms with van der Waals surface area (Å²) >= 11 is 15.4. The first kappa shape index (κ1) is 14.8. The van der Waals surface area contributed by atoms with Crippen molar-refractivity contribution in [3.8, 4) is 0 Å². The van der Waals surface area contributed by atoms with E-state index in [-0.39, 0.29) is 13.2 Å². The third-order valence-corrected chi connectivity index (χ3v) is 2.42. The van der Waals surface area contributed by atoms with Crippen molar-refractivity contribution in [2.24, 2.45) is 0 Å². The predicted molar refractivity (Wildman–Crippen MR) is 66.5 cm³/mol. The first-order chi connectivity index (χ1) is 6.25. The van der Waals surface area contributed by atoms with Crippen LogP contribution in [0.4, 0.5) is 0 Å². The van der Waals surface area contributed by atoms with Gasteiger partial charge in [-0.25, -0.2) is 4.79 Å². The van der Waals surface area contributed by atoms with E-state index in [2.05, 4.69) is 55.3 Å². The van der Waals surface area contributed by atoms with Gasteiger partial charge >= 0.3 is 5.97 Å². The van der Waals surface area contributed by atoms with Crippen molar-refractivity contribution in [2.75, 3.05) is 19.8 Å². The number of thiol groups is 4. The van der Waals surface area contributed by atoms with E-state index in [1.807, 2.05) is 0 Å². The Kier molecular flexibility index (Phi) is 6.08. The molecular weight excluding hydrogens is 264 g/mol. The number of carbonyl (C=O) groups is 1. The Morgan fingerprint density at radius 2 is 1.64 bits per heavy atom. The summed E-state index contributed by atoms with van der Waals surface area (Å²) in [6.45, 7) is -1.14.